The number of hydrogen-bond donors (Lipinski definition) is 1. The fourth-order valence-corrected chi connectivity index (χ4v) is 6.05. The lowest BCUT2D eigenvalue weighted by Crippen LogP contribution is -2.41. The zero-order chi connectivity index (χ0) is 25.4. The molecule has 3 aromatic rings. The Morgan fingerprint density at radius 2 is 1.71 bits per heavy atom. The maximum Gasteiger partial charge on any atom is 0.245 e. The average Bonchev–Trinajstić information content (AvgIpc) is 3.17. The number of carbonyl (C=O) groups is 1. The number of sulfone groups is 1. The van der Waals surface area contributed by atoms with E-state index in [0.29, 0.717) is 16.7 Å². The van der Waals surface area contributed by atoms with Gasteiger partial charge in [-0.1, -0.05) is 24.3 Å². The third-order valence-electron chi connectivity index (χ3n) is 5.63. The average molecular weight is 514 g/mol. The van der Waals surface area contributed by atoms with Crippen LogP contribution in [0.15, 0.2) is 76.5 Å². The molecule has 1 saturated heterocycles. The second-order valence-corrected chi connectivity index (χ2v) is 11.7. The lowest BCUT2D eigenvalue weighted by Gasteiger charge is -2.19. The fraction of sp³-hybridized carbons (Fsp3) is 0.167. The Kier molecular flexibility index (Phi) is 6.46. The van der Waals surface area contributed by atoms with Gasteiger partial charge in [-0.2, -0.15) is 9.98 Å². The van der Waals surface area contributed by atoms with Crippen molar-refractivity contribution in [2.75, 3.05) is 17.7 Å². The monoisotopic (exact) mass is 513 g/mol. The van der Waals surface area contributed by atoms with Crippen molar-refractivity contribution in [1.29, 1.82) is 5.26 Å². The van der Waals surface area contributed by atoms with Crippen molar-refractivity contribution in [3.8, 4) is 17.2 Å². The molecule has 1 aliphatic heterocycles. The van der Waals surface area contributed by atoms with Gasteiger partial charge in [0, 0.05) is 18.4 Å². The molecular weight excluding hydrogens is 493 g/mol. The van der Waals surface area contributed by atoms with Crippen LogP contribution >= 0.6 is 0 Å². The van der Waals surface area contributed by atoms with E-state index in [1.807, 2.05) is 6.07 Å². The molecule has 0 aliphatic carbocycles. The first-order valence-corrected chi connectivity index (χ1v) is 13.8. The first-order valence-electron chi connectivity index (χ1n) is 10.4. The van der Waals surface area contributed by atoms with Gasteiger partial charge in [-0.25, -0.2) is 21.2 Å². The van der Waals surface area contributed by atoms with Crippen molar-refractivity contribution in [2.45, 2.75) is 22.3 Å². The van der Waals surface area contributed by atoms with Crippen LogP contribution in [0.2, 0.25) is 0 Å². The molecule has 4 rings (SSSR count). The number of nitrogens with zero attached hydrogens (tertiary/aromatic N) is 2. The summed E-state index contributed by atoms with van der Waals surface area (Å²) >= 11 is 0. The van der Waals surface area contributed by atoms with Crippen molar-refractivity contribution in [2.24, 2.45) is 0 Å². The molecule has 0 aromatic heterocycles. The predicted molar refractivity (Wildman–Crippen MR) is 127 cm³/mol. The van der Waals surface area contributed by atoms with Crippen LogP contribution in [0, 0.1) is 17.1 Å². The Morgan fingerprint density at radius 1 is 1.03 bits per heavy atom. The fourth-order valence-electron chi connectivity index (χ4n) is 3.91. The molecule has 1 amide bonds. The van der Waals surface area contributed by atoms with Gasteiger partial charge in [-0.15, -0.1) is 0 Å². The van der Waals surface area contributed by atoms with E-state index in [1.165, 1.54) is 42.5 Å². The van der Waals surface area contributed by atoms with Gasteiger partial charge in [-0.05, 0) is 54.4 Å². The Bertz CT molecular complexity index is 1560. The summed E-state index contributed by atoms with van der Waals surface area (Å²) in [6.07, 6.45) is 1.20. The Hall–Kier alpha value is -3.59. The molecule has 3 aromatic carbocycles. The van der Waals surface area contributed by atoms with E-state index in [1.54, 1.807) is 18.2 Å². The van der Waals surface area contributed by atoms with Crippen LogP contribution in [0.25, 0.3) is 11.1 Å². The summed E-state index contributed by atoms with van der Waals surface area (Å²) in [6.45, 7) is 0.0928. The number of hydrogen-bond acceptors (Lipinski definition) is 6. The van der Waals surface area contributed by atoms with Gasteiger partial charge >= 0.3 is 0 Å². The Morgan fingerprint density at radius 3 is 2.34 bits per heavy atom. The number of amides is 1. The number of nitriles is 1. The van der Waals surface area contributed by atoms with Crippen molar-refractivity contribution in [3.63, 3.8) is 0 Å². The highest BCUT2D eigenvalue weighted by atomic mass is 32.2. The molecule has 35 heavy (non-hydrogen) atoms. The highest BCUT2D eigenvalue weighted by Gasteiger charge is 2.36. The van der Waals surface area contributed by atoms with E-state index in [0.717, 1.165) is 17.2 Å². The highest BCUT2D eigenvalue weighted by molar-refractivity contribution is 7.91. The number of halogens is 1. The van der Waals surface area contributed by atoms with Crippen LogP contribution in [0.3, 0.4) is 0 Å². The number of carbonyl (C=O) groups excluding carboxylic acids is 1. The topological polar surface area (TPSA) is 124 Å². The van der Waals surface area contributed by atoms with E-state index >= 15 is 4.39 Å². The first kappa shape index (κ1) is 24.5. The second kappa shape index (κ2) is 9.22. The third-order valence-corrected chi connectivity index (χ3v) is 8.28. The van der Waals surface area contributed by atoms with Crippen molar-refractivity contribution >= 4 is 31.5 Å². The van der Waals surface area contributed by atoms with Gasteiger partial charge in [0.05, 0.1) is 27.1 Å². The SMILES string of the molecule is CS(=O)(=O)c1ccccc1-c1ccc(N2CC[C@H](NS(=O)(=O)c3ccc(C#N)cc3)C2=O)c(F)c1. The third kappa shape index (κ3) is 4.95. The van der Waals surface area contributed by atoms with Gasteiger partial charge in [0.25, 0.3) is 0 Å². The molecular formula is C24H20FN3O5S2. The molecule has 11 heteroatoms. The molecule has 1 fully saturated rings. The van der Waals surface area contributed by atoms with Gasteiger partial charge in [0.1, 0.15) is 11.9 Å². The predicted octanol–water partition coefficient (Wildman–Crippen LogP) is 2.85. The summed E-state index contributed by atoms with van der Waals surface area (Å²) in [5.41, 5.74) is 0.930. The Balaban J connectivity index is 1.57. The largest absolute Gasteiger partial charge is 0.308 e. The minimum atomic E-state index is -4.04. The van der Waals surface area contributed by atoms with E-state index < -0.39 is 37.6 Å². The van der Waals surface area contributed by atoms with Crippen LogP contribution < -0.4 is 9.62 Å². The van der Waals surface area contributed by atoms with Crippen molar-refractivity contribution < 1.29 is 26.0 Å². The molecule has 1 atom stereocenters. The van der Waals surface area contributed by atoms with Crippen molar-refractivity contribution in [1.82, 2.24) is 4.72 Å². The minimum Gasteiger partial charge on any atom is -0.308 e. The first-order chi connectivity index (χ1) is 16.5. The smallest absolute Gasteiger partial charge is 0.245 e. The summed E-state index contributed by atoms with van der Waals surface area (Å²) in [4.78, 5) is 14.0. The van der Waals surface area contributed by atoms with Crippen LogP contribution in [0.4, 0.5) is 10.1 Å². The molecule has 0 saturated carbocycles. The van der Waals surface area contributed by atoms with Gasteiger partial charge in [0.15, 0.2) is 9.84 Å². The molecule has 0 spiro atoms. The van der Waals surface area contributed by atoms with Gasteiger partial charge in [-0.3, -0.25) is 4.79 Å². The maximum atomic E-state index is 15.1. The summed E-state index contributed by atoms with van der Waals surface area (Å²) in [5.74, 6) is -1.35. The lowest BCUT2D eigenvalue weighted by atomic mass is 10.0. The molecule has 1 aliphatic rings. The molecule has 180 valence electrons. The number of sulfonamides is 1. The maximum absolute atomic E-state index is 15.1. The minimum absolute atomic E-state index is 0.0318. The molecule has 0 bridgehead atoms. The normalized spacial score (nSPS) is 16.3. The summed E-state index contributed by atoms with van der Waals surface area (Å²) < 4.78 is 67.0. The van der Waals surface area contributed by atoms with Crippen LogP contribution in [0.1, 0.15) is 12.0 Å². The van der Waals surface area contributed by atoms with E-state index in [4.69, 9.17) is 5.26 Å². The molecule has 1 N–H and O–H groups in total. The van der Waals surface area contributed by atoms with Crippen LogP contribution in [-0.4, -0.2) is 41.6 Å². The van der Waals surface area contributed by atoms with Crippen LogP contribution in [-0.2, 0) is 24.7 Å². The van der Waals surface area contributed by atoms with Gasteiger partial charge in [0.2, 0.25) is 15.9 Å². The number of rotatable bonds is 6. The quantitative estimate of drug-likeness (QED) is 0.541. The zero-order valence-corrected chi connectivity index (χ0v) is 20.1. The van der Waals surface area contributed by atoms with Crippen molar-refractivity contribution in [3.05, 3.63) is 78.1 Å². The number of benzene rings is 3. The van der Waals surface area contributed by atoms with E-state index in [9.17, 15) is 21.6 Å². The standard InChI is InChI=1S/C24H20FN3O5S2/c1-34(30,31)23-5-3-2-4-19(23)17-8-11-22(20(25)14-17)28-13-12-21(24(28)29)27-35(32,33)18-9-6-16(15-26)7-10-18/h2-11,14,21,27H,12-13H2,1H3/t21-/m0/s1. The highest BCUT2D eigenvalue weighted by Crippen LogP contribution is 2.32. The number of nitrogens with one attached hydrogen (secondary N) is 1. The summed E-state index contributed by atoms with van der Waals surface area (Å²) in [5, 5.41) is 8.86. The zero-order valence-electron chi connectivity index (χ0n) is 18.5. The van der Waals surface area contributed by atoms with Crippen LogP contribution in [0.5, 0.6) is 0 Å². The summed E-state index contributed by atoms with van der Waals surface area (Å²) in [7, 11) is -7.59. The van der Waals surface area contributed by atoms with Gasteiger partial charge < -0.3 is 4.90 Å². The molecule has 1 heterocycles. The molecule has 0 radical (unpaired) electrons. The molecule has 8 nitrogen and oxygen atoms in total. The molecule has 0 unspecified atom stereocenters. The Labute approximate surface area is 202 Å². The van der Waals surface area contributed by atoms with E-state index in [-0.39, 0.29) is 28.4 Å². The van der Waals surface area contributed by atoms with E-state index in [2.05, 4.69) is 4.72 Å². The lowest BCUT2D eigenvalue weighted by molar-refractivity contribution is -0.118. The summed E-state index contributed by atoms with van der Waals surface area (Å²) in [6, 6.07) is 16.3. The second-order valence-electron chi connectivity index (χ2n) is 8.02. The number of anilines is 1.